The van der Waals surface area contributed by atoms with Crippen LogP contribution in [-0.4, -0.2) is 11.7 Å². The van der Waals surface area contributed by atoms with Crippen molar-refractivity contribution in [3.63, 3.8) is 0 Å². The minimum Gasteiger partial charge on any atom is -0.507 e. The maximum absolute atomic E-state index is 12.3. The summed E-state index contributed by atoms with van der Waals surface area (Å²) in [6.07, 6.45) is -1.73. The first kappa shape index (κ1) is 11.6. The van der Waals surface area contributed by atoms with Crippen LogP contribution in [0.15, 0.2) is 24.3 Å². The van der Waals surface area contributed by atoms with Crippen molar-refractivity contribution in [2.75, 3.05) is 6.54 Å². The molecule has 0 bridgehead atoms. The van der Waals surface area contributed by atoms with Crippen molar-refractivity contribution in [2.45, 2.75) is 6.18 Å². The summed E-state index contributed by atoms with van der Waals surface area (Å²) in [5.41, 5.74) is 4.23. The maximum Gasteiger partial charge on any atom is 0.419 e. The van der Waals surface area contributed by atoms with E-state index >= 15 is 0 Å². The van der Waals surface area contributed by atoms with E-state index in [0.717, 1.165) is 6.07 Å². The molecule has 0 aliphatic heterocycles. The molecule has 0 atom stereocenters. The molecule has 3 N–H and O–H groups in total. The fourth-order valence-corrected chi connectivity index (χ4v) is 1.12. The number of phenols is 1. The van der Waals surface area contributed by atoms with Crippen molar-refractivity contribution in [1.82, 2.24) is 0 Å². The number of alkyl halides is 3. The van der Waals surface area contributed by atoms with Crippen LogP contribution in [0.2, 0.25) is 0 Å². The third-order valence-corrected chi connectivity index (χ3v) is 1.81. The second-order valence-electron chi connectivity index (χ2n) is 2.88. The summed E-state index contributed by atoms with van der Waals surface area (Å²) in [4.78, 5) is 0. The molecule has 0 spiro atoms. The van der Waals surface area contributed by atoms with Gasteiger partial charge < -0.3 is 10.8 Å². The fraction of sp³-hybridized carbons (Fsp3) is 0.200. The highest BCUT2D eigenvalue weighted by Crippen LogP contribution is 2.37. The van der Waals surface area contributed by atoms with E-state index in [1.54, 1.807) is 0 Å². The lowest BCUT2D eigenvalue weighted by molar-refractivity contribution is -0.138. The van der Waals surface area contributed by atoms with Crippen molar-refractivity contribution in [3.8, 4) is 5.75 Å². The molecule has 1 aromatic rings. The van der Waals surface area contributed by atoms with Crippen LogP contribution in [0, 0.1) is 0 Å². The first-order valence-electron chi connectivity index (χ1n) is 4.22. The predicted octanol–water partition coefficient (Wildman–Crippen LogP) is 2.38. The lowest BCUT2D eigenvalue weighted by Crippen LogP contribution is -2.05. The van der Waals surface area contributed by atoms with Gasteiger partial charge in [0.2, 0.25) is 0 Å². The average Bonchev–Trinajstić information content (AvgIpc) is 2.14. The monoisotopic (exact) mass is 217 g/mol. The second kappa shape index (κ2) is 4.35. The van der Waals surface area contributed by atoms with Gasteiger partial charge in [0.05, 0.1) is 5.56 Å². The molecule has 2 nitrogen and oxygen atoms in total. The molecule has 0 aromatic heterocycles. The number of aromatic hydroxyl groups is 1. The van der Waals surface area contributed by atoms with E-state index in [1.165, 1.54) is 24.3 Å². The maximum atomic E-state index is 12.3. The Kier molecular flexibility index (Phi) is 3.36. The summed E-state index contributed by atoms with van der Waals surface area (Å²) in [6, 6.07) is 3.45. The lowest BCUT2D eigenvalue weighted by Gasteiger charge is -2.10. The van der Waals surface area contributed by atoms with Crippen molar-refractivity contribution in [2.24, 2.45) is 5.73 Å². The normalized spacial score (nSPS) is 12.3. The zero-order chi connectivity index (χ0) is 11.5. The summed E-state index contributed by atoms with van der Waals surface area (Å²) in [5, 5.41) is 9.34. The van der Waals surface area contributed by atoms with E-state index in [1.807, 2.05) is 0 Å². The zero-order valence-corrected chi connectivity index (χ0v) is 7.75. The number of hydrogen-bond donors (Lipinski definition) is 2. The highest BCUT2D eigenvalue weighted by Gasteiger charge is 2.34. The van der Waals surface area contributed by atoms with E-state index < -0.39 is 17.5 Å². The van der Waals surface area contributed by atoms with Gasteiger partial charge in [-0.15, -0.1) is 0 Å². The number of halogens is 3. The fourth-order valence-electron chi connectivity index (χ4n) is 1.12. The molecular formula is C10H10F3NO. The summed E-state index contributed by atoms with van der Waals surface area (Å²) >= 11 is 0. The molecule has 0 unspecified atom stereocenters. The number of phenolic OH excluding ortho intramolecular Hbond substituents is 1. The topological polar surface area (TPSA) is 46.2 Å². The van der Waals surface area contributed by atoms with Crippen molar-refractivity contribution in [3.05, 3.63) is 35.4 Å². The van der Waals surface area contributed by atoms with Crippen molar-refractivity contribution < 1.29 is 18.3 Å². The van der Waals surface area contributed by atoms with Crippen LogP contribution < -0.4 is 5.73 Å². The Morgan fingerprint density at radius 1 is 1.33 bits per heavy atom. The standard InChI is InChI=1S/C10H10F3NO/c11-10(12,13)8-5-1-3-7(9(8)15)4-2-6-14/h1-5,15H,6,14H2/b4-2+. The Morgan fingerprint density at radius 3 is 2.53 bits per heavy atom. The van der Waals surface area contributed by atoms with Gasteiger partial charge in [0.1, 0.15) is 5.75 Å². The number of hydrogen-bond acceptors (Lipinski definition) is 2. The van der Waals surface area contributed by atoms with Gasteiger partial charge in [0, 0.05) is 12.1 Å². The van der Waals surface area contributed by atoms with Gasteiger partial charge in [0.15, 0.2) is 0 Å². The largest absolute Gasteiger partial charge is 0.507 e. The molecular weight excluding hydrogens is 207 g/mol. The Morgan fingerprint density at radius 2 is 2.00 bits per heavy atom. The van der Waals surface area contributed by atoms with Crippen molar-refractivity contribution >= 4 is 6.08 Å². The Balaban J connectivity index is 3.17. The van der Waals surface area contributed by atoms with Crippen LogP contribution >= 0.6 is 0 Å². The Labute approximate surface area is 84.8 Å². The van der Waals surface area contributed by atoms with E-state index in [0.29, 0.717) is 0 Å². The zero-order valence-electron chi connectivity index (χ0n) is 7.75. The third kappa shape index (κ3) is 2.73. The molecule has 1 rings (SSSR count). The van der Waals surface area contributed by atoms with Crippen LogP contribution in [0.1, 0.15) is 11.1 Å². The number of nitrogens with two attached hydrogens (primary N) is 1. The summed E-state index contributed by atoms with van der Waals surface area (Å²) in [7, 11) is 0. The molecule has 82 valence electrons. The van der Waals surface area contributed by atoms with Gasteiger partial charge in [-0.3, -0.25) is 0 Å². The van der Waals surface area contributed by atoms with Gasteiger partial charge >= 0.3 is 6.18 Å². The smallest absolute Gasteiger partial charge is 0.419 e. The number of rotatable bonds is 2. The molecule has 0 radical (unpaired) electrons. The highest BCUT2D eigenvalue weighted by atomic mass is 19.4. The van der Waals surface area contributed by atoms with Gasteiger partial charge in [-0.25, -0.2) is 0 Å². The average molecular weight is 217 g/mol. The van der Waals surface area contributed by atoms with Crippen LogP contribution in [0.25, 0.3) is 6.08 Å². The molecule has 0 fully saturated rings. The number of benzene rings is 1. The van der Waals surface area contributed by atoms with Crippen LogP contribution in [-0.2, 0) is 6.18 Å². The molecule has 0 aliphatic carbocycles. The minimum atomic E-state index is -4.54. The van der Waals surface area contributed by atoms with E-state index in [-0.39, 0.29) is 12.1 Å². The molecule has 0 saturated carbocycles. The summed E-state index contributed by atoms with van der Waals surface area (Å²) in [6.45, 7) is 0.204. The van der Waals surface area contributed by atoms with Gasteiger partial charge in [-0.2, -0.15) is 13.2 Å². The molecule has 5 heteroatoms. The predicted molar refractivity (Wildman–Crippen MR) is 51.2 cm³/mol. The van der Waals surface area contributed by atoms with Gasteiger partial charge in [-0.05, 0) is 6.07 Å². The molecule has 0 amide bonds. The van der Waals surface area contributed by atoms with E-state index in [9.17, 15) is 18.3 Å². The summed E-state index contributed by atoms with van der Waals surface area (Å²) < 4.78 is 37.0. The first-order chi connectivity index (χ1) is 6.96. The third-order valence-electron chi connectivity index (χ3n) is 1.81. The van der Waals surface area contributed by atoms with Crippen LogP contribution in [0.3, 0.4) is 0 Å². The SMILES string of the molecule is NC/C=C/c1cccc(C(F)(F)F)c1O. The summed E-state index contributed by atoms with van der Waals surface area (Å²) in [5.74, 6) is -0.769. The molecule has 0 saturated heterocycles. The van der Waals surface area contributed by atoms with Crippen molar-refractivity contribution in [1.29, 1.82) is 0 Å². The molecule has 0 heterocycles. The highest BCUT2D eigenvalue weighted by molar-refractivity contribution is 5.59. The molecule has 1 aromatic carbocycles. The molecule has 15 heavy (non-hydrogen) atoms. The van der Waals surface area contributed by atoms with E-state index in [2.05, 4.69) is 0 Å². The Bertz CT molecular complexity index is 371. The second-order valence-corrected chi connectivity index (χ2v) is 2.88. The van der Waals surface area contributed by atoms with E-state index in [4.69, 9.17) is 5.73 Å². The van der Waals surface area contributed by atoms with Crippen LogP contribution in [0.5, 0.6) is 5.75 Å². The van der Waals surface area contributed by atoms with Gasteiger partial charge in [-0.1, -0.05) is 24.3 Å². The minimum absolute atomic E-state index is 0.107. The van der Waals surface area contributed by atoms with Crippen LogP contribution in [0.4, 0.5) is 13.2 Å². The first-order valence-corrected chi connectivity index (χ1v) is 4.22. The Hall–Kier alpha value is -1.49. The number of para-hydroxylation sites is 1. The lowest BCUT2D eigenvalue weighted by atomic mass is 10.1. The molecule has 0 aliphatic rings. The van der Waals surface area contributed by atoms with Gasteiger partial charge in [0.25, 0.3) is 0 Å². The quantitative estimate of drug-likeness (QED) is 0.798.